The molecule has 2 N–H and O–H groups in total. The Balaban J connectivity index is 4.03. The number of rotatable bonds is 18. The summed E-state index contributed by atoms with van der Waals surface area (Å²) in [5, 5.41) is 19.0. The van der Waals surface area contributed by atoms with E-state index in [0.29, 0.717) is 19.3 Å². The lowest BCUT2D eigenvalue weighted by molar-refractivity contribution is -0.149. The van der Waals surface area contributed by atoms with E-state index in [-0.39, 0.29) is 6.42 Å². The third-order valence-corrected chi connectivity index (χ3v) is 4.60. The SMILES string of the molecule is C=CC(=O)OC(CCCCCCCC(=O)O)C(O)CCCCCCCC. The molecule has 0 bridgehead atoms. The second-order valence-corrected chi connectivity index (χ2v) is 7.00. The van der Waals surface area contributed by atoms with Crippen LogP contribution in [-0.2, 0) is 14.3 Å². The molecule has 0 fully saturated rings. The number of ether oxygens (including phenoxy) is 1. The average molecular weight is 371 g/mol. The average Bonchev–Trinajstić information content (AvgIpc) is 2.62. The van der Waals surface area contributed by atoms with Crippen LogP contribution in [0.25, 0.3) is 0 Å². The molecule has 2 unspecified atom stereocenters. The largest absolute Gasteiger partial charge is 0.481 e. The molecule has 0 radical (unpaired) electrons. The van der Waals surface area contributed by atoms with Crippen molar-refractivity contribution in [3.8, 4) is 0 Å². The van der Waals surface area contributed by atoms with Crippen LogP contribution in [0.4, 0.5) is 0 Å². The van der Waals surface area contributed by atoms with Gasteiger partial charge >= 0.3 is 11.9 Å². The van der Waals surface area contributed by atoms with Crippen LogP contribution in [0.5, 0.6) is 0 Å². The molecule has 5 heteroatoms. The van der Waals surface area contributed by atoms with Crippen LogP contribution in [0.1, 0.15) is 96.8 Å². The number of carboxylic acid groups (broad SMARTS) is 1. The molecule has 0 spiro atoms. The Bertz CT molecular complexity index is 381. The topological polar surface area (TPSA) is 83.8 Å². The predicted octanol–water partition coefficient (Wildman–Crippen LogP) is 5.01. The van der Waals surface area contributed by atoms with Gasteiger partial charge in [-0.2, -0.15) is 0 Å². The van der Waals surface area contributed by atoms with Crippen molar-refractivity contribution in [1.82, 2.24) is 0 Å². The van der Waals surface area contributed by atoms with Crippen LogP contribution >= 0.6 is 0 Å². The zero-order valence-corrected chi connectivity index (χ0v) is 16.5. The van der Waals surface area contributed by atoms with Gasteiger partial charge in [-0.05, 0) is 25.7 Å². The van der Waals surface area contributed by atoms with Crippen molar-refractivity contribution in [2.45, 2.75) is 109 Å². The molecular weight excluding hydrogens is 332 g/mol. The van der Waals surface area contributed by atoms with Crippen LogP contribution in [0.3, 0.4) is 0 Å². The highest BCUT2D eigenvalue weighted by Crippen LogP contribution is 2.18. The van der Waals surface area contributed by atoms with E-state index < -0.39 is 24.1 Å². The van der Waals surface area contributed by atoms with Crippen molar-refractivity contribution in [3.63, 3.8) is 0 Å². The Morgan fingerprint density at radius 3 is 2.04 bits per heavy atom. The van der Waals surface area contributed by atoms with Gasteiger partial charge in [0.25, 0.3) is 0 Å². The molecule has 152 valence electrons. The highest BCUT2D eigenvalue weighted by molar-refractivity contribution is 5.81. The first-order chi connectivity index (χ1) is 12.5. The van der Waals surface area contributed by atoms with Gasteiger partial charge in [-0.15, -0.1) is 0 Å². The van der Waals surface area contributed by atoms with E-state index in [1.807, 2.05) is 0 Å². The predicted molar refractivity (Wildman–Crippen MR) is 104 cm³/mol. The highest BCUT2D eigenvalue weighted by atomic mass is 16.6. The molecule has 0 aliphatic heterocycles. The van der Waals surface area contributed by atoms with Crippen LogP contribution in [0.15, 0.2) is 12.7 Å². The molecule has 0 aromatic heterocycles. The lowest BCUT2D eigenvalue weighted by Gasteiger charge is -2.23. The third kappa shape index (κ3) is 14.9. The standard InChI is InChI=1S/C21H38O5/c1-3-5-6-7-9-12-15-18(22)19(26-21(25)4-2)16-13-10-8-11-14-17-20(23)24/h4,18-19,22H,2-3,5-17H2,1H3,(H,23,24). The molecular formula is C21H38O5. The number of aliphatic hydroxyl groups excluding tert-OH is 1. The normalized spacial score (nSPS) is 13.2. The van der Waals surface area contributed by atoms with Crippen molar-refractivity contribution in [3.05, 3.63) is 12.7 Å². The summed E-state index contributed by atoms with van der Waals surface area (Å²) in [6.07, 6.45) is 12.9. The summed E-state index contributed by atoms with van der Waals surface area (Å²) in [5.41, 5.74) is 0. The molecule has 0 aromatic rings. The fourth-order valence-corrected chi connectivity index (χ4v) is 3.00. The van der Waals surface area contributed by atoms with E-state index in [4.69, 9.17) is 9.84 Å². The Morgan fingerprint density at radius 1 is 0.923 bits per heavy atom. The van der Waals surface area contributed by atoms with E-state index in [2.05, 4.69) is 13.5 Å². The molecule has 5 nitrogen and oxygen atoms in total. The Hall–Kier alpha value is -1.36. The lowest BCUT2D eigenvalue weighted by atomic mass is 9.99. The van der Waals surface area contributed by atoms with Gasteiger partial charge in [0.05, 0.1) is 6.10 Å². The monoisotopic (exact) mass is 370 g/mol. The third-order valence-electron chi connectivity index (χ3n) is 4.60. The molecule has 26 heavy (non-hydrogen) atoms. The first-order valence-electron chi connectivity index (χ1n) is 10.2. The lowest BCUT2D eigenvalue weighted by Crippen LogP contribution is -2.31. The Labute approximate surface area is 158 Å². The van der Waals surface area contributed by atoms with Crippen molar-refractivity contribution in [2.75, 3.05) is 0 Å². The van der Waals surface area contributed by atoms with Gasteiger partial charge in [-0.25, -0.2) is 4.79 Å². The first-order valence-corrected chi connectivity index (χ1v) is 10.2. The molecule has 0 amide bonds. The number of esters is 1. The summed E-state index contributed by atoms with van der Waals surface area (Å²) in [6.45, 7) is 5.61. The van der Waals surface area contributed by atoms with E-state index in [0.717, 1.165) is 44.6 Å². The van der Waals surface area contributed by atoms with E-state index >= 15 is 0 Å². The summed E-state index contributed by atoms with van der Waals surface area (Å²) >= 11 is 0. The minimum absolute atomic E-state index is 0.219. The van der Waals surface area contributed by atoms with Gasteiger partial charge in [0.1, 0.15) is 6.10 Å². The van der Waals surface area contributed by atoms with Crippen LogP contribution < -0.4 is 0 Å². The fourth-order valence-electron chi connectivity index (χ4n) is 3.00. The summed E-state index contributed by atoms with van der Waals surface area (Å²) in [6, 6.07) is 0. The minimum atomic E-state index is -0.751. The molecule has 0 aliphatic carbocycles. The summed E-state index contributed by atoms with van der Waals surface area (Å²) in [7, 11) is 0. The minimum Gasteiger partial charge on any atom is -0.481 e. The smallest absolute Gasteiger partial charge is 0.330 e. The van der Waals surface area contributed by atoms with Crippen LogP contribution in [0.2, 0.25) is 0 Å². The molecule has 0 heterocycles. The zero-order chi connectivity index (χ0) is 19.6. The van der Waals surface area contributed by atoms with Gasteiger partial charge in [-0.1, -0.05) is 71.3 Å². The number of hydrogen-bond acceptors (Lipinski definition) is 4. The number of aliphatic hydroxyl groups is 1. The highest BCUT2D eigenvalue weighted by Gasteiger charge is 2.21. The summed E-state index contributed by atoms with van der Waals surface area (Å²) < 4.78 is 5.33. The van der Waals surface area contributed by atoms with Gasteiger partial charge in [0.15, 0.2) is 0 Å². The van der Waals surface area contributed by atoms with Gasteiger partial charge in [0, 0.05) is 12.5 Å². The number of aliphatic carboxylic acids is 1. The van der Waals surface area contributed by atoms with E-state index in [1.54, 1.807) is 0 Å². The van der Waals surface area contributed by atoms with Crippen LogP contribution in [0, 0.1) is 0 Å². The van der Waals surface area contributed by atoms with Gasteiger partial charge in [-0.3, -0.25) is 4.79 Å². The summed E-state index contributed by atoms with van der Waals surface area (Å²) in [4.78, 5) is 22.0. The quantitative estimate of drug-likeness (QED) is 0.201. The van der Waals surface area contributed by atoms with Crippen molar-refractivity contribution < 1.29 is 24.5 Å². The maximum atomic E-state index is 11.5. The Morgan fingerprint density at radius 2 is 1.46 bits per heavy atom. The Kier molecular flexibility index (Phi) is 16.2. The summed E-state index contributed by atoms with van der Waals surface area (Å²) in [5.74, 6) is -1.24. The molecule has 0 rings (SSSR count). The fraction of sp³-hybridized carbons (Fsp3) is 0.810. The van der Waals surface area contributed by atoms with E-state index in [9.17, 15) is 14.7 Å². The number of hydrogen-bond donors (Lipinski definition) is 2. The zero-order valence-electron chi connectivity index (χ0n) is 16.5. The van der Waals surface area contributed by atoms with Gasteiger partial charge in [0.2, 0.25) is 0 Å². The second-order valence-electron chi connectivity index (χ2n) is 7.00. The number of carbonyl (C=O) groups excluding carboxylic acids is 1. The molecule has 0 saturated carbocycles. The molecule has 2 atom stereocenters. The molecule has 0 aromatic carbocycles. The molecule has 0 saturated heterocycles. The van der Waals surface area contributed by atoms with Crippen molar-refractivity contribution >= 4 is 11.9 Å². The van der Waals surface area contributed by atoms with Crippen molar-refractivity contribution in [2.24, 2.45) is 0 Å². The van der Waals surface area contributed by atoms with Crippen molar-refractivity contribution in [1.29, 1.82) is 0 Å². The molecule has 0 aliphatic rings. The van der Waals surface area contributed by atoms with E-state index in [1.165, 1.54) is 25.7 Å². The second kappa shape index (κ2) is 17.1. The number of carboxylic acids is 1. The maximum Gasteiger partial charge on any atom is 0.330 e. The number of carbonyl (C=O) groups is 2. The van der Waals surface area contributed by atoms with Crippen LogP contribution in [-0.4, -0.2) is 34.4 Å². The maximum absolute atomic E-state index is 11.5. The number of unbranched alkanes of at least 4 members (excludes halogenated alkanes) is 9. The van der Waals surface area contributed by atoms with Gasteiger partial charge < -0.3 is 14.9 Å². The first kappa shape index (κ1) is 24.6.